The molecule has 4 nitrogen and oxygen atoms in total. The van der Waals surface area contributed by atoms with E-state index in [1.807, 2.05) is 0 Å². The Labute approximate surface area is 116 Å². The Balaban J connectivity index is 2.31. The van der Waals surface area contributed by atoms with Gasteiger partial charge in [-0.25, -0.2) is 18.6 Å². The van der Waals surface area contributed by atoms with Crippen LogP contribution in [0.3, 0.4) is 0 Å². The molecule has 0 radical (unpaired) electrons. The summed E-state index contributed by atoms with van der Waals surface area (Å²) in [5.41, 5.74) is -0.131. The lowest BCUT2D eigenvalue weighted by molar-refractivity contribution is 0.0696. The topological polar surface area (TPSA) is 74.0 Å². The largest absolute Gasteiger partial charge is 0.478 e. The molecule has 7 heteroatoms. The highest BCUT2D eigenvalue weighted by Gasteiger charge is 2.14. The maximum Gasteiger partial charge on any atom is 0.337 e. The number of benzene rings is 1. The number of nitrogens with zero attached hydrogens (tertiary/aromatic N) is 2. The molecular weight excluding hydrogens is 286 g/mol. The average molecular weight is 292 g/mol. The van der Waals surface area contributed by atoms with Crippen LogP contribution >= 0.6 is 11.8 Å². The van der Waals surface area contributed by atoms with Gasteiger partial charge in [0.2, 0.25) is 0 Å². The lowest BCUT2D eigenvalue weighted by Crippen LogP contribution is -1.97. The zero-order valence-corrected chi connectivity index (χ0v) is 10.6. The van der Waals surface area contributed by atoms with E-state index in [4.69, 9.17) is 10.4 Å². The number of carboxylic acid groups (broad SMARTS) is 1. The van der Waals surface area contributed by atoms with Crippen molar-refractivity contribution in [1.82, 2.24) is 4.98 Å². The minimum absolute atomic E-state index is 0.0184. The smallest absolute Gasteiger partial charge is 0.337 e. The van der Waals surface area contributed by atoms with Gasteiger partial charge in [0.05, 0.1) is 22.1 Å². The molecule has 0 saturated carbocycles. The molecular formula is C13H6F2N2O2S. The van der Waals surface area contributed by atoms with Crippen molar-refractivity contribution in [2.45, 2.75) is 9.92 Å². The first-order chi connectivity index (χ1) is 9.51. The van der Waals surface area contributed by atoms with Crippen LogP contribution in [0.5, 0.6) is 0 Å². The number of halogens is 2. The highest BCUT2D eigenvalue weighted by molar-refractivity contribution is 7.99. The molecule has 2 aromatic rings. The van der Waals surface area contributed by atoms with Gasteiger partial charge in [0.1, 0.15) is 16.7 Å². The molecule has 0 atom stereocenters. The second-order valence-corrected chi connectivity index (χ2v) is 4.70. The number of aromatic nitrogens is 1. The Hall–Kier alpha value is -2.46. The van der Waals surface area contributed by atoms with Crippen LogP contribution in [0.15, 0.2) is 40.4 Å². The molecule has 0 saturated heterocycles. The molecule has 1 aromatic heterocycles. The summed E-state index contributed by atoms with van der Waals surface area (Å²) in [6, 6.07) is 6.15. The van der Waals surface area contributed by atoms with E-state index in [0.29, 0.717) is 11.8 Å². The first kappa shape index (κ1) is 14.0. The lowest BCUT2D eigenvalue weighted by Gasteiger charge is -2.05. The normalized spacial score (nSPS) is 10.1. The molecule has 100 valence electrons. The predicted molar refractivity (Wildman–Crippen MR) is 66.4 cm³/mol. The van der Waals surface area contributed by atoms with Crippen molar-refractivity contribution in [2.75, 3.05) is 0 Å². The standard InChI is InChI=1S/C13H6F2N2O2S/c14-9-3-7(5-16)4-10(15)12(9)20-11-2-1-8(6-17-11)13(18)19/h1-4,6H,(H,18,19). The van der Waals surface area contributed by atoms with Gasteiger partial charge in [-0.05, 0) is 24.3 Å². The molecule has 0 amide bonds. The summed E-state index contributed by atoms with van der Waals surface area (Å²) < 4.78 is 27.3. The van der Waals surface area contributed by atoms with Crippen molar-refractivity contribution in [3.8, 4) is 6.07 Å². The lowest BCUT2D eigenvalue weighted by atomic mass is 10.2. The monoisotopic (exact) mass is 292 g/mol. The highest BCUT2D eigenvalue weighted by Crippen LogP contribution is 2.31. The molecule has 0 fully saturated rings. The van der Waals surface area contributed by atoms with Crippen molar-refractivity contribution < 1.29 is 18.7 Å². The molecule has 0 aliphatic heterocycles. The molecule has 1 heterocycles. The molecule has 20 heavy (non-hydrogen) atoms. The summed E-state index contributed by atoms with van der Waals surface area (Å²) in [4.78, 5) is 14.2. The third-order valence-electron chi connectivity index (χ3n) is 2.32. The summed E-state index contributed by atoms with van der Waals surface area (Å²) in [5, 5.41) is 17.6. The van der Waals surface area contributed by atoms with Crippen LogP contribution in [0, 0.1) is 23.0 Å². The SMILES string of the molecule is N#Cc1cc(F)c(Sc2ccc(C(=O)O)cn2)c(F)c1. The maximum atomic E-state index is 13.7. The minimum atomic E-state index is -1.13. The number of nitriles is 1. The average Bonchev–Trinajstić information content (AvgIpc) is 2.43. The first-order valence-electron chi connectivity index (χ1n) is 5.27. The van der Waals surface area contributed by atoms with Gasteiger partial charge >= 0.3 is 5.97 Å². The van der Waals surface area contributed by atoms with Gasteiger partial charge in [0.25, 0.3) is 0 Å². The molecule has 0 aliphatic carbocycles. The fourth-order valence-corrected chi connectivity index (χ4v) is 2.16. The van der Waals surface area contributed by atoms with Gasteiger partial charge < -0.3 is 5.11 Å². The summed E-state index contributed by atoms with van der Waals surface area (Å²) in [6.07, 6.45) is 1.10. The van der Waals surface area contributed by atoms with Crippen LogP contribution < -0.4 is 0 Å². The summed E-state index contributed by atoms with van der Waals surface area (Å²) in [5.74, 6) is -2.86. The summed E-state index contributed by atoms with van der Waals surface area (Å²) >= 11 is 0.717. The van der Waals surface area contributed by atoms with Crippen molar-refractivity contribution in [2.24, 2.45) is 0 Å². The Bertz CT molecular complexity index is 688. The second-order valence-electron chi connectivity index (χ2n) is 3.67. The van der Waals surface area contributed by atoms with E-state index in [1.54, 1.807) is 6.07 Å². The van der Waals surface area contributed by atoms with Gasteiger partial charge in [-0.15, -0.1) is 0 Å². The zero-order valence-electron chi connectivity index (χ0n) is 9.80. The molecule has 0 spiro atoms. The molecule has 1 aromatic carbocycles. The third kappa shape index (κ3) is 2.92. The maximum absolute atomic E-state index is 13.7. The van der Waals surface area contributed by atoms with Crippen LogP contribution in [-0.2, 0) is 0 Å². The van der Waals surface area contributed by atoms with Crippen LogP contribution in [0.4, 0.5) is 8.78 Å². The van der Waals surface area contributed by atoms with E-state index in [9.17, 15) is 13.6 Å². The number of aromatic carboxylic acids is 1. The number of carbonyl (C=O) groups is 1. The minimum Gasteiger partial charge on any atom is -0.478 e. The van der Waals surface area contributed by atoms with Gasteiger partial charge in [0, 0.05) is 6.20 Å². The van der Waals surface area contributed by atoms with Crippen molar-refractivity contribution >= 4 is 17.7 Å². The van der Waals surface area contributed by atoms with Crippen molar-refractivity contribution in [3.63, 3.8) is 0 Å². The molecule has 0 unspecified atom stereocenters. The Morgan fingerprint density at radius 2 is 1.95 bits per heavy atom. The Kier molecular flexibility index (Phi) is 3.96. The van der Waals surface area contributed by atoms with E-state index >= 15 is 0 Å². The second kappa shape index (κ2) is 5.67. The number of rotatable bonds is 3. The quantitative estimate of drug-likeness (QED) is 0.941. The zero-order chi connectivity index (χ0) is 14.7. The van der Waals surface area contributed by atoms with Crippen LogP contribution in [-0.4, -0.2) is 16.1 Å². The predicted octanol–water partition coefficient (Wildman–Crippen LogP) is 3.08. The fraction of sp³-hybridized carbons (Fsp3) is 0. The van der Waals surface area contributed by atoms with Crippen molar-refractivity contribution in [1.29, 1.82) is 5.26 Å². The first-order valence-corrected chi connectivity index (χ1v) is 6.09. The van der Waals surface area contributed by atoms with E-state index in [0.717, 1.165) is 18.3 Å². The molecule has 0 aliphatic rings. The summed E-state index contributed by atoms with van der Waals surface area (Å²) in [6.45, 7) is 0. The summed E-state index contributed by atoms with van der Waals surface area (Å²) in [7, 11) is 0. The molecule has 2 rings (SSSR count). The van der Waals surface area contributed by atoms with E-state index < -0.39 is 17.6 Å². The van der Waals surface area contributed by atoms with Crippen molar-refractivity contribution in [3.05, 3.63) is 53.2 Å². The van der Waals surface area contributed by atoms with Crippen LogP contribution in [0.2, 0.25) is 0 Å². The van der Waals surface area contributed by atoms with Crippen LogP contribution in [0.25, 0.3) is 0 Å². The van der Waals surface area contributed by atoms with E-state index in [2.05, 4.69) is 4.98 Å². The Morgan fingerprint density at radius 1 is 1.30 bits per heavy atom. The van der Waals surface area contributed by atoms with Gasteiger partial charge in [-0.3, -0.25) is 0 Å². The molecule has 0 bridgehead atoms. The number of hydrogen-bond donors (Lipinski definition) is 1. The molecule has 1 N–H and O–H groups in total. The van der Waals surface area contributed by atoms with Gasteiger partial charge in [-0.1, -0.05) is 11.8 Å². The van der Waals surface area contributed by atoms with E-state index in [1.165, 1.54) is 12.1 Å². The van der Waals surface area contributed by atoms with E-state index in [-0.39, 0.29) is 21.0 Å². The van der Waals surface area contributed by atoms with Gasteiger partial charge in [-0.2, -0.15) is 5.26 Å². The fourth-order valence-electron chi connectivity index (χ4n) is 1.39. The van der Waals surface area contributed by atoms with Crippen LogP contribution in [0.1, 0.15) is 15.9 Å². The van der Waals surface area contributed by atoms with Gasteiger partial charge in [0.15, 0.2) is 0 Å². The number of hydrogen-bond acceptors (Lipinski definition) is 4. The third-order valence-corrected chi connectivity index (χ3v) is 3.36. The number of carboxylic acids is 1. The number of pyridine rings is 1. The highest BCUT2D eigenvalue weighted by atomic mass is 32.2. The Morgan fingerprint density at radius 3 is 2.40 bits per heavy atom.